The molecule has 6 heteroatoms. The third-order valence-electron chi connectivity index (χ3n) is 10.8. The minimum Gasteiger partial charge on any atom is -0.462 e. The predicted octanol–water partition coefficient (Wildman–Crippen LogP) is 14.8. The van der Waals surface area contributed by atoms with E-state index in [1.807, 2.05) is 0 Å². The van der Waals surface area contributed by atoms with Crippen LogP contribution in [0.25, 0.3) is 0 Å². The summed E-state index contributed by atoms with van der Waals surface area (Å²) in [4.78, 5) is 26.1. The lowest BCUT2D eigenvalue weighted by molar-refractivity contribution is -0.151. The van der Waals surface area contributed by atoms with Crippen LogP contribution < -0.4 is 5.32 Å². The topological polar surface area (TPSA) is 95.9 Å². The number of unbranched alkanes of at least 4 members (excludes halogenated alkanes) is 19. The largest absolute Gasteiger partial charge is 0.462 e. The number of amides is 1. The quantitative estimate of drug-likeness (QED) is 0.0246. The number of ether oxygens (including phenoxy) is 1. The van der Waals surface area contributed by atoms with Gasteiger partial charge in [0.1, 0.15) is 6.10 Å². The van der Waals surface area contributed by atoms with Crippen LogP contribution in [0.2, 0.25) is 0 Å². The highest BCUT2D eigenvalue weighted by molar-refractivity contribution is 5.77. The van der Waals surface area contributed by atoms with Crippen LogP contribution in [-0.4, -0.2) is 46.9 Å². The zero-order valence-corrected chi connectivity index (χ0v) is 39.1. The fourth-order valence-electron chi connectivity index (χ4n) is 7.00. The first kappa shape index (κ1) is 57.0. The van der Waals surface area contributed by atoms with Gasteiger partial charge in [0.05, 0.1) is 25.2 Å². The Hall–Kier alpha value is -2.96. The van der Waals surface area contributed by atoms with Crippen molar-refractivity contribution in [3.05, 3.63) is 85.1 Å². The van der Waals surface area contributed by atoms with Crippen LogP contribution >= 0.6 is 0 Å². The molecule has 0 aromatic rings. The molecule has 0 radical (unpaired) electrons. The Morgan fingerprint density at radius 2 is 0.967 bits per heavy atom. The fourth-order valence-corrected chi connectivity index (χ4v) is 7.00. The monoisotopic (exact) mass is 836 g/mol. The van der Waals surface area contributed by atoms with Crippen molar-refractivity contribution in [1.82, 2.24) is 5.32 Å². The van der Waals surface area contributed by atoms with Gasteiger partial charge in [-0.2, -0.15) is 0 Å². The van der Waals surface area contributed by atoms with Crippen molar-refractivity contribution >= 4 is 11.9 Å². The maximum absolute atomic E-state index is 13.2. The fraction of sp³-hybridized carbons (Fsp3) is 0.704. The highest BCUT2D eigenvalue weighted by atomic mass is 16.5. The maximum Gasteiger partial charge on any atom is 0.306 e. The minimum atomic E-state index is -0.801. The molecule has 0 spiro atoms. The molecular formula is C54H93NO5. The van der Waals surface area contributed by atoms with Crippen LogP contribution in [0.5, 0.6) is 0 Å². The summed E-state index contributed by atoms with van der Waals surface area (Å²) in [5.41, 5.74) is 0. The second-order valence-electron chi connectivity index (χ2n) is 16.5. The molecule has 0 rings (SSSR count). The first-order chi connectivity index (χ1) is 29.5. The third-order valence-corrected chi connectivity index (χ3v) is 10.8. The molecule has 6 nitrogen and oxygen atoms in total. The van der Waals surface area contributed by atoms with Crippen molar-refractivity contribution in [3.8, 4) is 0 Å². The van der Waals surface area contributed by atoms with Gasteiger partial charge < -0.3 is 20.3 Å². The Labute approximate surface area is 370 Å². The lowest BCUT2D eigenvalue weighted by Crippen LogP contribution is -2.46. The maximum atomic E-state index is 13.2. The smallest absolute Gasteiger partial charge is 0.306 e. The van der Waals surface area contributed by atoms with Gasteiger partial charge in [0.25, 0.3) is 0 Å². The van der Waals surface area contributed by atoms with E-state index < -0.39 is 18.2 Å². The number of aliphatic hydroxyl groups is 2. The van der Waals surface area contributed by atoms with E-state index in [-0.39, 0.29) is 24.9 Å². The molecule has 0 heterocycles. The SMILES string of the molecule is CC/C=C/C=C/C=C/CCCCCCCC(CC(=O)NC(CO)C(O)CCCCCCCCCCC)OC(=O)CCCCC/C=C\C/C=C\C/C=C\C/C=C\CCCCC. The number of nitrogens with one attached hydrogen (secondary N) is 1. The van der Waals surface area contributed by atoms with Crippen molar-refractivity contribution in [3.63, 3.8) is 0 Å². The second-order valence-corrected chi connectivity index (χ2v) is 16.5. The number of hydrogen-bond donors (Lipinski definition) is 3. The molecule has 0 aliphatic heterocycles. The molecule has 0 bridgehead atoms. The van der Waals surface area contributed by atoms with Crippen LogP contribution in [-0.2, 0) is 14.3 Å². The van der Waals surface area contributed by atoms with E-state index in [2.05, 4.69) is 111 Å². The van der Waals surface area contributed by atoms with Gasteiger partial charge in [-0.25, -0.2) is 0 Å². The summed E-state index contributed by atoms with van der Waals surface area (Å²) in [7, 11) is 0. The van der Waals surface area contributed by atoms with E-state index in [0.717, 1.165) is 109 Å². The Morgan fingerprint density at radius 1 is 0.517 bits per heavy atom. The van der Waals surface area contributed by atoms with Crippen molar-refractivity contribution in [2.45, 2.75) is 238 Å². The lowest BCUT2D eigenvalue weighted by atomic mass is 10.0. The van der Waals surface area contributed by atoms with Gasteiger partial charge >= 0.3 is 5.97 Å². The van der Waals surface area contributed by atoms with Crippen LogP contribution in [0.1, 0.15) is 220 Å². The molecule has 0 aliphatic rings. The number of hydrogen-bond acceptors (Lipinski definition) is 5. The number of rotatable bonds is 43. The zero-order valence-electron chi connectivity index (χ0n) is 39.1. The van der Waals surface area contributed by atoms with Crippen LogP contribution in [0.15, 0.2) is 85.1 Å². The number of esters is 1. The first-order valence-electron chi connectivity index (χ1n) is 24.8. The average Bonchev–Trinajstić information content (AvgIpc) is 3.24. The van der Waals surface area contributed by atoms with E-state index in [4.69, 9.17) is 4.74 Å². The second kappa shape index (κ2) is 47.1. The summed E-state index contributed by atoms with van der Waals surface area (Å²) in [6.07, 6.45) is 60.7. The molecule has 3 N–H and O–H groups in total. The molecule has 0 saturated heterocycles. The Morgan fingerprint density at radius 3 is 1.53 bits per heavy atom. The van der Waals surface area contributed by atoms with E-state index in [9.17, 15) is 19.8 Å². The summed E-state index contributed by atoms with van der Waals surface area (Å²) in [6, 6.07) is -0.718. The molecule has 1 amide bonds. The van der Waals surface area contributed by atoms with E-state index in [1.165, 1.54) is 64.2 Å². The summed E-state index contributed by atoms with van der Waals surface area (Å²) >= 11 is 0. The highest BCUT2D eigenvalue weighted by Crippen LogP contribution is 2.17. The van der Waals surface area contributed by atoms with Crippen molar-refractivity contribution < 1.29 is 24.5 Å². The van der Waals surface area contributed by atoms with Gasteiger partial charge in [-0.15, -0.1) is 0 Å². The van der Waals surface area contributed by atoms with Crippen molar-refractivity contribution in [1.29, 1.82) is 0 Å². The van der Waals surface area contributed by atoms with Gasteiger partial charge in [-0.3, -0.25) is 9.59 Å². The van der Waals surface area contributed by atoms with Crippen LogP contribution in [0.3, 0.4) is 0 Å². The number of aliphatic hydroxyl groups excluding tert-OH is 2. The van der Waals surface area contributed by atoms with E-state index >= 15 is 0 Å². The molecule has 0 aliphatic carbocycles. The number of carbonyl (C=O) groups is 2. The average molecular weight is 836 g/mol. The molecular weight excluding hydrogens is 743 g/mol. The summed E-state index contributed by atoms with van der Waals surface area (Å²) in [5, 5.41) is 23.6. The molecule has 0 aromatic heterocycles. The first-order valence-corrected chi connectivity index (χ1v) is 24.8. The van der Waals surface area contributed by atoms with Gasteiger partial charge in [0, 0.05) is 6.42 Å². The summed E-state index contributed by atoms with van der Waals surface area (Å²) in [5.74, 6) is -0.538. The van der Waals surface area contributed by atoms with E-state index in [1.54, 1.807) is 0 Å². The minimum absolute atomic E-state index is 0.0464. The Kier molecular flexibility index (Phi) is 44.8. The van der Waals surface area contributed by atoms with Gasteiger partial charge in [-0.05, 0) is 89.9 Å². The van der Waals surface area contributed by atoms with Crippen LogP contribution in [0, 0.1) is 0 Å². The Balaban J connectivity index is 4.66. The molecule has 0 fully saturated rings. The molecule has 0 aromatic carbocycles. The number of allylic oxidation sites excluding steroid dienone is 14. The summed E-state index contributed by atoms with van der Waals surface area (Å²) in [6.45, 7) is 6.28. The standard InChI is InChI=1S/C54H93NO5/c1-4-7-10-13-16-19-21-23-24-25-26-27-28-30-32-35-38-41-44-47-54(59)60-50(45-42-39-36-34-31-29-22-20-17-14-11-8-5-2)48-53(58)55-51(49-56)52(57)46-43-40-37-33-18-15-12-9-6-3/h8,11,14,16-17,19-20,22-24,26-27,30,32,50-52,56-57H,4-7,9-10,12-13,15,18,21,25,28-29,31,33-49H2,1-3H3,(H,55,58)/b11-8+,17-14+,19-16-,22-20+,24-23-,27-26-,32-30-. The normalized spacial score (nSPS) is 14.0. The van der Waals surface area contributed by atoms with Gasteiger partial charge in [0.2, 0.25) is 5.91 Å². The molecule has 3 unspecified atom stereocenters. The lowest BCUT2D eigenvalue weighted by Gasteiger charge is -2.24. The predicted molar refractivity (Wildman–Crippen MR) is 259 cm³/mol. The van der Waals surface area contributed by atoms with Gasteiger partial charge in [-0.1, -0.05) is 202 Å². The number of carbonyl (C=O) groups excluding carboxylic acids is 2. The van der Waals surface area contributed by atoms with Crippen molar-refractivity contribution in [2.24, 2.45) is 0 Å². The molecule has 60 heavy (non-hydrogen) atoms. The third kappa shape index (κ3) is 41.8. The zero-order chi connectivity index (χ0) is 43.8. The van der Waals surface area contributed by atoms with Crippen LogP contribution in [0.4, 0.5) is 0 Å². The Bertz CT molecular complexity index is 1160. The van der Waals surface area contributed by atoms with Gasteiger partial charge in [0.15, 0.2) is 0 Å². The van der Waals surface area contributed by atoms with E-state index in [0.29, 0.717) is 19.3 Å². The molecule has 3 atom stereocenters. The molecule has 0 saturated carbocycles. The highest BCUT2D eigenvalue weighted by Gasteiger charge is 2.24. The molecule has 344 valence electrons. The van der Waals surface area contributed by atoms with Crippen molar-refractivity contribution in [2.75, 3.05) is 6.61 Å². The summed E-state index contributed by atoms with van der Waals surface area (Å²) < 4.78 is 5.90.